The summed E-state index contributed by atoms with van der Waals surface area (Å²) in [6.45, 7) is 8.59. The van der Waals surface area contributed by atoms with Crippen LogP contribution in [0.2, 0.25) is 0 Å². The van der Waals surface area contributed by atoms with Crippen LogP contribution in [-0.2, 0) is 6.42 Å². The predicted octanol–water partition coefficient (Wildman–Crippen LogP) is 5.08. The summed E-state index contributed by atoms with van der Waals surface area (Å²) in [7, 11) is 2.20. The van der Waals surface area contributed by atoms with Crippen LogP contribution in [0.5, 0.6) is 0 Å². The number of aryl methyl sites for hydroxylation is 1. The van der Waals surface area contributed by atoms with E-state index in [1.54, 1.807) is 0 Å². The molecule has 1 heterocycles. The average Bonchev–Trinajstić information content (AvgIpc) is 2.50. The lowest BCUT2D eigenvalue weighted by Crippen LogP contribution is -2.39. The van der Waals surface area contributed by atoms with Gasteiger partial charge in [0.05, 0.1) is 0 Å². The van der Waals surface area contributed by atoms with Crippen LogP contribution in [0.4, 0.5) is 5.82 Å². The number of hydrogen-bond acceptors (Lipinski definition) is 2. The second-order valence-corrected chi connectivity index (χ2v) is 5.71. The summed E-state index contributed by atoms with van der Waals surface area (Å²) in [6, 6.07) is 5.09. The number of rotatable bonds is 4. The largest absolute Gasteiger partial charge is 0.356 e. The number of nitrogens with zero attached hydrogens (tertiary/aromatic N) is 2. The van der Waals surface area contributed by atoms with E-state index in [2.05, 4.69) is 42.9 Å². The monoisotopic (exact) mass is 276 g/mol. The third-order valence-electron chi connectivity index (χ3n) is 4.27. The minimum atomic E-state index is 0.670. The molecule has 2 heteroatoms. The van der Waals surface area contributed by atoms with Crippen molar-refractivity contribution in [3.8, 4) is 0 Å². The molecule has 0 saturated heterocycles. The Morgan fingerprint density at radius 1 is 1.20 bits per heavy atom. The molecule has 2 unspecified atom stereocenters. The number of aromatic nitrogens is 1. The highest BCUT2D eigenvalue weighted by Gasteiger charge is 2.25. The highest BCUT2D eigenvalue weighted by Crippen LogP contribution is 2.29. The van der Waals surface area contributed by atoms with Crippen molar-refractivity contribution in [3.63, 3.8) is 0 Å². The standard InChI is InChI=1S/C16H26N2.C2H6/c1-4-7-14-10-11-16(17-12-14)18(3)15-9-6-5-8-13(15)2;1-2/h10-13,15H,4-9H2,1-3H3;1-2H3. The second kappa shape index (κ2) is 8.99. The summed E-state index contributed by atoms with van der Waals surface area (Å²) in [5.74, 6) is 1.93. The van der Waals surface area contributed by atoms with Crippen LogP contribution < -0.4 is 4.90 Å². The lowest BCUT2D eigenvalue weighted by Gasteiger charge is -2.37. The van der Waals surface area contributed by atoms with Gasteiger partial charge in [0, 0.05) is 19.3 Å². The van der Waals surface area contributed by atoms with Gasteiger partial charge in [-0.15, -0.1) is 0 Å². The van der Waals surface area contributed by atoms with E-state index in [4.69, 9.17) is 0 Å². The maximum Gasteiger partial charge on any atom is 0.128 e. The first kappa shape index (κ1) is 17.0. The fraction of sp³-hybridized carbons (Fsp3) is 0.722. The third-order valence-corrected chi connectivity index (χ3v) is 4.27. The van der Waals surface area contributed by atoms with Gasteiger partial charge in [0.15, 0.2) is 0 Å². The molecular weight excluding hydrogens is 244 g/mol. The van der Waals surface area contributed by atoms with Crippen LogP contribution >= 0.6 is 0 Å². The second-order valence-electron chi connectivity index (χ2n) is 5.71. The molecule has 0 N–H and O–H groups in total. The Morgan fingerprint density at radius 3 is 2.45 bits per heavy atom. The van der Waals surface area contributed by atoms with Crippen LogP contribution in [0.1, 0.15) is 65.4 Å². The molecule has 1 aliphatic carbocycles. The van der Waals surface area contributed by atoms with E-state index < -0.39 is 0 Å². The van der Waals surface area contributed by atoms with E-state index in [-0.39, 0.29) is 0 Å². The lowest BCUT2D eigenvalue weighted by molar-refractivity contribution is 0.320. The van der Waals surface area contributed by atoms with Gasteiger partial charge < -0.3 is 4.90 Å². The average molecular weight is 276 g/mol. The molecule has 0 bridgehead atoms. The zero-order valence-electron chi connectivity index (χ0n) is 14.0. The minimum absolute atomic E-state index is 0.670. The van der Waals surface area contributed by atoms with Gasteiger partial charge in [0.1, 0.15) is 5.82 Å². The molecule has 1 aliphatic rings. The summed E-state index contributed by atoms with van der Waals surface area (Å²) in [5, 5.41) is 0. The number of hydrogen-bond donors (Lipinski definition) is 0. The first-order valence-corrected chi connectivity index (χ1v) is 8.40. The molecule has 0 aliphatic heterocycles. The topological polar surface area (TPSA) is 16.1 Å². The maximum absolute atomic E-state index is 4.63. The van der Waals surface area contributed by atoms with Crippen molar-refractivity contribution < 1.29 is 0 Å². The fourth-order valence-electron chi connectivity index (χ4n) is 3.10. The lowest BCUT2D eigenvalue weighted by atomic mass is 9.85. The molecule has 1 fully saturated rings. The smallest absolute Gasteiger partial charge is 0.128 e. The molecule has 2 nitrogen and oxygen atoms in total. The summed E-state index contributed by atoms with van der Waals surface area (Å²) < 4.78 is 0. The zero-order chi connectivity index (χ0) is 15.0. The Bertz CT molecular complexity index is 358. The Labute approximate surface area is 125 Å². The molecule has 2 atom stereocenters. The molecule has 0 spiro atoms. The summed E-state index contributed by atoms with van der Waals surface area (Å²) in [4.78, 5) is 7.02. The van der Waals surface area contributed by atoms with Crippen molar-refractivity contribution in [2.24, 2.45) is 5.92 Å². The summed E-state index contributed by atoms with van der Waals surface area (Å²) in [5.41, 5.74) is 1.35. The van der Waals surface area contributed by atoms with Gasteiger partial charge in [0.25, 0.3) is 0 Å². The Morgan fingerprint density at radius 2 is 1.90 bits per heavy atom. The van der Waals surface area contributed by atoms with Gasteiger partial charge in [-0.2, -0.15) is 0 Å². The van der Waals surface area contributed by atoms with E-state index in [0.29, 0.717) is 6.04 Å². The first-order chi connectivity index (χ1) is 9.72. The van der Waals surface area contributed by atoms with Crippen molar-refractivity contribution in [2.45, 2.75) is 72.3 Å². The van der Waals surface area contributed by atoms with Crippen LogP contribution in [0.25, 0.3) is 0 Å². The first-order valence-electron chi connectivity index (χ1n) is 8.40. The molecule has 20 heavy (non-hydrogen) atoms. The zero-order valence-corrected chi connectivity index (χ0v) is 14.0. The van der Waals surface area contributed by atoms with Crippen molar-refractivity contribution in [2.75, 3.05) is 11.9 Å². The quantitative estimate of drug-likeness (QED) is 0.762. The minimum Gasteiger partial charge on any atom is -0.356 e. The van der Waals surface area contributed by atoms with Crippen LogP contribution in [0.15, 0.2) is 18.3 Å². The molecule has 0 amide bonds. The molecule has 114 valence electrons. The molecule has 0 radical (unpaired) electrons. The van der Waals surface area contributed by atoms with Gasteiger partial charge in [-0.25, -0.2) is 4.98 Å². The summed E-state index contributed by atoms with van der Waals surface area (Å²) in [6.07, 6.45) is 9.82. The van der Waals surface area contributed by atoms with Gasteiger partial charge in [-0.3, -0.25) is 0 Å². The van der Waals surface area contributed by atoms with E-state index >= 15 is 0 Å². The van der Waals surface area contributed by atoms with Crippen molar-refractivity contribution in [3.05, 3.63) is 23.9 Å². The van der Waals surface area contributed by atoms with Crippen molar-refractivity contribution in [1.29, 1.82) is 0 Å². The van der Waals surface area contributed by atoms with E-state index in [1.807, 2.05) is 20.0 Å². The summed E-state index contributed by atoms with van der Waals surface area (Å²) >= 11 is 0. The predicted molar refractivity (Wildman–Crippen MR) is 89.4 cm³/mol. The highest BCUT2D eigenvalue weighted by atomic mass is 15.2. The fourth-order valence-corrected chi connectivity index (χ4v) is 3.10. The molecule has 2 rings (SSSR count). The molecular formula is C18H32N2. The molecule has 1 aromatic heterocycles. The molecule has 1 aromatic rings. The Kier molecular flexibility index (Phi) is 7.64. The van der Waals surface area contributed by atoms with Crippen LogP contribution in [0.3, 0.4) is 0 Å². The van der Waals surface area contributed by atoms with Crippen molar-refractivity contribution in [1.82, 2.24) is 4.98 Å². The number of pyridine rings is 1. The van der Waals surface area contributed by atoms with Crippen LogP contribution in [-0.4, -0.2) is 18.1 Å². The molecule has 1 saturated carbocycles. The van der Waals surface area contributed by atoms with Gasteiger partial charge in [-0.05, 0) is 36.8 Å². The third kappa shape index (κ3) is 4.50. The van der Waals surface area contributed by atoms with E-state index in [1.165, 1.54) is 37.7 Å². The van der Waals surface area contributed by atoms with E-state index in [9.17, 15) is 0 Å². The van der Waals surface area contributed by atoms with Crippen LogP contribution in [0, 0.1) is 5.92 Å². The highest BCUT2D eigenvalue weighted by molar-refractivity contribution is 5.40. The SMILES string of the molecule is CC.CCCc1ccc(N(C)C2CCCCC2C)nc1. The number of anilines is 1. The van der Waals surface area contributed by atoms with Crippen molar-refractivity contribution >= 4 is 5.82 Å². The van der Waals surface area contributed by atoms with Gasteiger partial charge >= 0.3 is 0 Å². The Balaban J connectivity index is 0.000000956. The Hall–Kier alpha value is -1.05. The maximum atomic E-state index is 4.63. The van der Waals surface area contributed by atoms with Gasteiger partial charge in [-0.1, -0.05) is 53.0 Å². The van der Waals surface area contributed by atoms with E-state index in [0.717, 1.165) is 18.2 Å². The molecule has 0 aromatic carbocycles. The normalized spacial score (nSPS) is 21.9. The van der Waals surface area contributed by atoms with Gasteiger partial charge in [0.2, 0.25) is 0 Å².